The number of amides is 2. The van der Waals surface area contributed by atoms with Crippen LogP contribution in [-0.4, -0.2) is 47.3 Å². The van der Waals surface area contributed by atoms with Crippen LogP contribution in [0.1, 0.15) is 47.1 Å². The SMILES string of the molecule is Cc1ccc(NC(=O)CCN2CCC[C@H]2C(=O)N2CCc3cc(C)c(C)cc3C2)cc1. The molecule has 164 valence electrons. The third kappa shape index (κ3) is 4.99. The minimum absolute atomic E-state index is 0.000281. The Kier molecular flexibility index (Phi) is 6.42. The van der Waals surface area contributed by atoms with E-state index in [2.05, 4.69) is 36.2 Å². The van der Waals surface area contributed by atoms with E-state index in [1.165, 1.54) is 27.8 Å². The standard InChI is InChI=1S/C26H33N3O2/c1-18-6-8-23(9-7-18)27-25(30)11-14-28-12-4-5-24(28)26(31)29-13-10-21-15-19(2)20(3)16-22(21)17-29/h6-9,15-16,24H,4-5,10-14,17H2,1-3H3,(H,27,30)/t24-/m0/s1. The molecule has 2 heterocycles. The molecular formula is C26H33N3O2. The number of nitrogens with one attached hydrogen (secondary N) is 1. The lowest BCUT2D eigenvalue weighted by Crippen LogP contribution is -2.47. The highest BCUT2D eigenvalue weighted by molar-refractivity contribution is 5.91. The van der Waals surface area contributed by atoms with Crippen LogP contribution in [0.3, 0.4) is 0 Å². The summed E-state index contributed by atoms with van der Waals surface area (Å²) < 4.78 is 0. The highest BCUT2D eigenvalue weighted by Crippen LogP contribution is 2.26. The first-order valence-corrected chi connectivity index (χ1v) is 11.4. The molecule has 0 bridgehead atoms. The predicted molar refractivity (Wildman–Crippen MR) is 124 cm³/mol. The van der Waals surface area contributed by atoms with Crippen molar-refractivity contribution in [1.82, 2.24) is 9.80 Å². The van der Waals surface area contributed by atoms with Gasteiger partial charge in [0.05, 0.1) is 6.04 Å². The Morgan fingerprint density at radius 3 is 2.45 bits per heavy atom. The molecule has 5 heteroatoms. The number of fused-ring (bicyclic) bond motifs is 1. The fourth-order valence-corrected chi connectivity index (χ4v) is 4.73. The first-order chi connectivity index (χ1) is 14.9. The third-order valence-corrected chi connectivity index (χ3v) is 6.75. The molecule has 0 spiro atoms. The maximum absolute atomic E-state index is 13.3. The molecular weight excluding hydrogens is 386 g/mol. The van der Waals surface area contributed by atoms with E-state index in [1.807, 2.05) is 36.1 Å². The Bertz CT molecular complexity index is 967. The van der Waals surface area contributed by atoms with Crippen molar-refractivity contribution in [2.45, 2.75) is 59.0 Å². The molecule has 2 aromatic carbocycles. The van der Waals surface area contributed by atoms with Gasteiger partial charge in [-0.15, -0.1) is 0 Å². The van der Waals surface area contributed by atoms with Crippen molar-refractivity contribution in [3.63, 3.8) is 0 Å². The van der Waals surface area contributed by atoms with Crippen LogP contribution in [0.4, 0.5) is 5.69 Å². The van der Waals surface area contributed by atoms with Crippen LogP contribution < -0.4 is 5.32 Å². The summed E-state index contributed by atoms with van der Waals surface area (Å²) in [6, 6.07) is 12.3. The maximum Gasteiger partial charge on any atom is 0.240 e. The van der Waals surface area contributed by atoms with Gasteiger partial charge in [-0.05, 0) is 81.0 Å². The van der Waals surface area contributed by atoms with Crippen molar-refractivity contribution in [3.8, 4) is 0 Å². The lowest BCUT2D eigenvalue weighted by Gasteiger charge is -2.34. The zero-order valence-electron chi connectivity index (χ0n) is 18.9. The van der Waals surface area contributed by atoms with Gasteiger partial charge in [0.2, 0.25) is 11.8 Å². The molecule has 1 atom stereocenters. The van der Waals surface area contributed by atoms with Crippen LogP contribution in [0.5, 0.6) is 0 Å². The number of anilines is 1. The fraction of sp³-hybridized carbons (Fsp3) is 0.462. The highest BCUT2D eigenvalue weighted by Gasteiger charge is 2.34. The van der Waals surface area contributed by atoms with Gasteiger partial charge in [0.15, 0.2) is 0 Å². The van der Waals surface area contributed by atoms with Gasteiger partial charge in [-0.25, -0.2) is 0 Å². The minimum Gasteiger partial charge on any atom is -0.337 e. The molecule has 0 saturated carbocycles. The van der Waals surface area contributed by atoms with Crippen molar-refractivity contribution in [3.05, 3.63) is 64.2 Å². The zero-order valence-corrected chi connectivity index (χ0v) is 18.9. The van der Waals surface area contributed by atoms with Gasteiger partial charge in [-0.3, -0.25) is 14.5 Å². The minimum atomic E-state index is -0.0970. The number of benzene rings is 2. The first-order valence-electron chi connectivity index (χ1n) is 11.4. The summed E-state index contributed by atoms with van der Waals surface area (Å²) in [5.41, 5.74) is 7.26. The van der Waals surface area contributed by atoms with Gasteiger partial charge in [0, 0.05) is 31.7 Å². The number of rotatable bonds is 5. The van der Waals surface area contributed by atoms with E-state index in [0.29, 0.717) is 19.5 Å². The number of carbonyl (C=O) groups is 2. The number of aryl methyl sites for hydroxylation is 3. The number of nitrogens with zero attached hydrogens (tertiary/aromatic N) is 2. The first kappa shape index (κ1) is 21.6. The van der Waals surface area contributed by atoms with Crippen molar-refractivity contribution in [2.24, 2.45) is 0 Å². The summed E-state index contributed by atoms with van der Waals surface area (Å²) in [5, 5.41) is 2.96. The van der Waals surface area contributed by atoms with Gasteiger partial charge in [0.1, 0.15) is 0 Å². The van der Waals surface area contributed by atoms with Crippen LogP contribution >= 0.6 is 0 Å². The normalized spacial score (nSPS) is 18.7. The summed E-state index contributed by atoms with van der Waals surface area (Å²) in [6.45, 7) is 9.31. The number of hydrogen-bond donors (Lipinski definition) is 1. The van der Waals surface area contributed by atoms with E-state index < -0.39 is 0 Å². The van der Waals surface area contributed by atoms with Crippen LogP contribution in [0.2, 0.25) is 0 Å². The van der Waals surface area contributed by atoms with Crippen molar-refractivity contribution in [2.75, 3.05) is 25.0 Å². The Labute approximate surface area is 185 Å². The van der Waals surface area contributed by atoms with Gasteiger partial charge in [-0.1, -0.05) is 29.8 Å². The van der Waals surface area contributed by atoms with Crippen molar-refractivity contribution >= 4 is 17.5 Å². The molecule has 1 fully saturated rings. The largest absolute Gasteiger partial charge is 0.337 e. The van der Waals surface area contributed by atoms with E-state index in [9.17, 15) is 9.59 Å². The second kappa shape index (κ2) is 9.23. The number of carbonyl (C=O) groups excluding carboxylic acids is 2. The molecule has 31 heavy (non-hydrogen) atoms. The van der Waals surface area contributed by atoms with Crippen LogP contribution in [0.25, 0.3) is 0 Å². The lowest BCUT2D eigenvalue weighted by molar-refractivity contribution is -0.137. The predicted octanol–water partition coefficient (Wildman–Crippen LogP) is 3.99. The molecule has 0 aliphatic carbocycles. The molecule has 1 N–H and O–H groups in total. The molecule has 0 unspecified atom stereocenters. The summed E-state index contributed by atoms with van der Waals surface area (Å²) in [7, 11) is 0. The average molecular weight is 420 g/mol. The maximum atomic E-state index is 13.3. The topological polar surface area (TPSA) is 52.7 Å². The molecule has 2 aliphatic rings. The Morgan fingerprint density at radius 2 is 1.71 bits per heavy atom. The summed E-state index contributed by atoms with van der Waals surface area (Å²) in [4.78, 5) is 29.9. The van der Waals surface area contributed by atoms with E-state index in [0.717, 1.165) is 38.0 Å². The summed E-state index contributed by atoms with van der Waals surface area (Å²) >= 11 is 0. The molecule has 2 amide bonds. The molecule has 5 nitrogen and oxygen atoms in total. The monoisotopic (exact) mass is 419 g/mol. The van der Waals surface area contributed by atoms with E-state index in [4.69, 9.17) is 0 Å². The number of likely N-dealkylation sites (tertiary alicyclic amines) is 1. The Morgan fingerprint density at radius 1 is 1.00 bits per heavy atom. The second-order valence-corrected chi connectivity index (χ2v) is 9.07. The highest BCUT2D eigenvalue weighted by atomic mass is 16.2. The number of hydrogen-bond acceptors (Lipinski definition) is 3. The molecule has 2 aromatic rings. The van der Waals surface area contributed by atoms with Gasteiger partial charge in [0.25, 0.3) is 0 Å². The average Bonchev–Trinajstić information content (AvgIpc) is 3.22. The molecule has 1 saturated heterocycles. The van der Waals surface area contributed by atoms with Gasteiger partial charge in [-0.2, -0.15) is 0 Å². The molecule has 0 aromatic heterocycles. The van der Waals surface area contributed by atoms with Gasteiger partial charge < -0.3 is 10.2 Å². The third-order valence-electron chi connectivity index (χ3n) is 6.75. The molecule has 4 rings (SSSR count). The van der Waals surface area contributed by atoms with Crippen LogP contribution in [-0.2, 0) is 22.6 Å². The fourth-order valence-electron chi connectivity index (χ4n) is 4.73. The second-order valence-electron chi connectivity index (χ2n) is 9.07. The van der Waals surface area contributed by atoms with E-state index >= 15 is 0 Å². The van der Waals surface area contributed by atoms with Crippen molar-refractivity contribution < 1.29 is 9.59 Å². The lowest BCUT2D eigenvalue weighted by atomic mass is 9.94. The molecule has 0 radical (unpaired) electrons. The zero-order chi connectivity index (χ0) is 22.0. The Hall–Kier alpha value is -2.66. The van der Waals surface area contributed by atoms with E-state index in [1.54, 1.807) is 0 Å². The van der Waals surface area contributed by atoms with E-state index in [-0.39, 0.29) is 17.9 Å². The van der Waals surface area contributed by atoms with Crippen LogP contribution in [0.15, 0.2) is 36.4 Å². The van der Waals surface area contributed by atoms with Crippen LogP contribution in [0, 0.1) is 20.8 Å². The Balaban J connectivity index is 1.33. The van der Waals surface area contributed by atoms with Crippen molar-refractivity contribution in [1.29, 1.82) is 0 Å². The van der Waals surface area contributed by atoms with Gasteiger partial charge >= 0.3 is 0 Å². The smallest absolute Gasteiger partial charge is 0.240 e. The summed E-state index contributed by atoms with van der Waals surface area (Å²) in [5.74, 6) is 0.222. The summed E-state index contributed by atoms with van der Waals surface area (Å²) in [6.07, 6.45) is 3.22. The quantitative estimate of drug-likeness (QED) is 0.797. The molecule has 2 aliphatic heterocycles.